The van der Waals surface area contributed by atoms with Crippen molar-refractivity contribution in [2.45, 2.75) is 45.1 Å². The molecule has 3 unspecified atom stereocenters. The summed E-state index contributed by atoms with van der Waals surface area (Å²) in [5.41, 5.74) is 1.18. The van der Waals surface area contributed by atoms with Gasteiger partial charge in [0.25, 0.3) is 5.91 Å². The predicted octanol–water partition coefficient (Wildman–Crippen LogP) is 2.11. The number of nitrogens with zero attached hydrogens (tertiary/aromatic N) is 2. The SMILES string of the molecule is Cc1ccc(S(=O)(=O)N2CCOCC2)cc1C(=O)NC(C)CN1CC(C)CC(C)C1. The van der Waals surface area contributed by atoms with Crippen molar-refractivity contribution in [2.75, 3.05) is 45.9 Å². The van der Waals surface area contributed by atoms with E-state index >= 15 is 0 Å². The van der Waals surface area contributed by atoms with Gasteiger partial charge in [-0.15, -0.1) is 0 Å². The second-order valence-corrected chi connectivity index (χ2v) is 11.0. The normalized spacial score (nSPS) is 25.1. The molecule has 168 valence electrons. The van der Waals surface area contributed by atoms with Gasteiger partial charge in [0.2, 0.25) is 10.0 Å². The number of aryl methyl sites for hydroxylation is 1. The summed E-state index contributed by atoms with van der Waals surface area (Å²) in [6.45, 7) is 12.7. The Bertz CT molecular complexity index is 842. The lowest BCUT2D eigenvalue weighted by atomic mass is 9.92. The molecular weight excluding hydrogens is 402 g/mol. The summed E-state index contributed by atoms with van der Waals surface area (Å²) in [5.74, 6) is 1.11. The first-order chi connectivity index (χ1) is 14.2. The first-order valence-corrected chi connectivity index (χ1v) is 12.3. The Labute approximate surface area is 180 Å². The zero-order chi connectivity index (χ0) is 21.9. The van der Waals surface area contributed by atoms with Gasteiger partial charge in [-0.25, -0.2) is 8.42 Å². The monoisotopic (exact) mass is 437 g/mol. The number of ether oxygens (including phenoxy) is 1. The maximum absolute atomic E-state index is 13.0. The molecule has 1 aromatic carbocycles. The number of morpholine rings is 1. The largest absolute Gasteiger partial charge is 0.379 e. The van der Waals surface area contributed by atoms with Gasteiger partial charge in [0, 0.05) is 44.3 Å². The molecule has 3 atom stereocenters. The van der Waals surface area contributed by atoms with Gasteiger partial charge in [-0.05, 0) is 49.8 Å². The predicted molar refractivity (Wildman–Crippen MR) is 117 cm³/mol. The number of hydrogen-bond donors (Lipinski definition) is 1. The Kier molecular flexibility index (Phi) is 7.55. The van der Waals surface area contributed by atoms with E-state index in [-0.39, 0.29) is 16.8 Å². The molecule has 1 amide bonds. The molecular formula is C22H35N3O4S. The molecule has 0 radical (unpaired) electrons. The summed E-state index contributed by atoms with van der Waals surface area (Å²) in [4.78, 5) is 15.5. The molecule has 2 fully saturated rings. The first kappa shape index (κ1) is 23.2. The van der Waals surface area contributed by atoms with Gasteiger partial charge >= 0.3 is 0 Å². The van der Waals surface area contributed by atoms with Gasteiger partial charge in [-0.3, -0.25) is 4.79 Å². The molecule has 0 aliphatic carbocycles. The zero-order valence-electron chi connectivity index (χ0n) is 18.6. The summed E-state index contributed by atoms with van der Waals surface area (Å²) >= 11 is 0. The fourth-order valence-corrected chi connectivity index (χ4v) is 6.05. The highest BCUT2D eigenvalue weighted by molar-refractivity contribution is 7.89. The summed E-state index contributed by atoms with van der Waals surface area (Å²) in [6.07, 6.45) is 1.25. The van der Waals surface area contributed by atoms with Crippen molar-refractivity contribution in [3.8, 4) is 0 Å². The van der Waals surface area contributed by atoms with Gasteiger partial charge in [-0.1, -0.05) is 19.9 Å². The van der Waals surface area contributed by atoms with Gasteiger partial charge < -0.3 is 15.0 Å². The van der Waals surface area contributed by atoms with E-state index in [1.54, 1.807) is 12.1 Å². The molecule has 0 bridgehead atoms. The maximum Gasteiger partial charge on any atom is 0.251 e. The van der Waals surface area contributed by atoms with Gasteiger partial charge in [0.15, 0.2) is 0 Å². The molecule has 0 saturated carbocycles. The van der Waals surface area contributed by atoms with E-state index in [0.29, 0.717) is 43.7 Å². The molecule has 2 saturated heterocycles. The van der Waals surface area contributed by atoms with E-state index < -0.39 is 10.0 Å². The molecule has 8 heteroatoms. The lowest BCUT2D eigenvalue weighted by Crippen LogP contribution is -2.47. The van der Waals surface area contributed by atoms with E-state index in [1.807, 2.05) is 13.8 Å². The molecule has 2 heterocycles. The molecule has 1 aromatic rings. The van der Waals surface area contributed by atoms with Crippen LogP contribution in [-0.4, -0.2) is 75.5 Å². The Hall–Kier alpha value is -1.48. The molecule has 2 aliphatic heterocycles. The van der Waals surface area contributed by atoms with E-state index in [4.69, 9.17) is 4.74 Å². The topological polar surface area (TPSA) is 78.9 Å². The third-order valence-corrected chi connectivity index (χ3v) is 7.81. The van der Waals surface area contributed by atoms with Crippen LogP contribution in [0, 0.1) is 18.8 Å². The van der Waals surface area contributed by atoms with Crippen LogP contribution in [0.25, 0.3) is 0 Å². The van der Waals surface area contributed by atoms with Gasteiger partial charge in [0.05, 0.1) is 18.1 Å². The highest BCUT2D eigenvalue weighted by Gasteiger charge is 2.28. The smallest absolute Gasteiger partial charge is 0.251 e. The van der Waals surface area contributed by atoms with E-state index in [0.717, 1.165) is 25.2 Å². The van der Waals surface area contributed by atoms with E-state index in [1.165, 1.54) is 16.8 Å². The molecule has 2 aliphatic rings. The first-order valence-electron chi connectivity index (χ1n) is 10.9. The molecule has 1 N–H and O–H groups in total. The molecule has 3 rings (SSSR count). The minimum absolute atomic E-state index is 0.0195. The van der Waals surface area contributed by atoms with Crippen molar-refractivity contribution in [2.24, 2.45) is 11.8 Å². The van der Waals surface area contributed by atoms with Crippen molar-refractivity contribution >= 4 is 15.9 Å². The Balaban J connectivity index is 1.69. The van der Waals surface area contributed by atoms with E-state index in [9.17, 15) is 13.2 Å². The standard InChI is InChI=1S/C22H35N3O4S/c1-16-11-17(2)14-24(13-16)15-19(4)23-22(26)21-12-20(6-5-18(21)3)30(27,28)25-7-9-29-10-8-25/h5-6,12,16-17,19H,7-11,13-15H2,1-4H3,(H,23,26). The average molecular weight is 438 g/mol. The lowest BCUT2D eigenvalue weighted by Gasteiger charge is -2.36. The number of benzene rings is 1. The highest BCUT2D eigenvalue weighted by Crippen LogP contribution is 2.22. The Morgan fingerprint density at radius 2 is 1.83 bits per heavy atom. The van der Waals surface area contributed by atoms with Gasteiger partial charge in [-0.2, -0.15) is 4.31 Å². The molecule has 30 heavy (non-hydrogen) atoms. The van der Waals surface area contributed by atoms with Crippen LogP contribution in [0.15, 0.2) is 23.1 Å². The number of rotatable bonds is 6. The minimum atomic E-state index is -3.63. The summed E-state index contributed by atoms with van der Waals surface area (Å²) in [5, 5.41) is 3.06. The number of piperidine rings is 1. The number of likely N-dealkylation sites (tertiary alicyclic amines) is 1. The maximum atomic E-state index is 13.0. The average Bonchev–Trinajstić information content (AvgIpc) is 2.67. The Morgan fingerprint density at radius 3 is 2.47 bits per heavy atom. The van der Waals surface area contributed by atoms with Crippen LogP contribution in [0.1, 0.15) is 43.1 Å². The number of carbonyl (C=O) groups is 1. The Morgan fingerprint density at radius 1 is 1.20 bits per heavy atom. The van der Waals surface area contributed by atoms with Crippen LogP contribution in [-0.2, 0) is 14.8 Å². The van der Waals surface area contributed by atoms with Crippen molar-refractivity contribution in [3.63, 3.8) is 0 Å². The quantitative estimate of drug-likeness (QED) is 0.737. The fourth-order valence-electron chi connectivity index (χ4n) is 4.62. The van der Waals surface area contributed by atoms with Crippen LogP contribution in [0.5, 0.6) is 0 Å². The third kappa shape index (κ3) is 5.60. The zero-order valence-corrected chi connectivity index (χ0v) is 19.4. The number of sulfonamides is 1. The number of hydrogen-bond acceptors (Lipinski definition) is 5. The summed E-state index contributed by atoms with van der Waals surface area (Å²) in [6, 6.07) is 4.78. The number of carbonyl (C=O) groups excluding carboxylic acids is 1. The van der Waals surface area contributed by atoms with Crippen LogP contribution < -0.4 is 5.32 Å². The second-order valence-electron chi connectivity index (χ2n) is 9.03. The van der Waals surface area contributed by atoms with Crippen molar-refractivity contribution in [1.82, 2.24) is 14.5 Å². The second kappa shape index (κ2) is 9.77. The number of amides is 1. The van der Waals surface area contributed by atoms with Crippen LogP contribution >= 0.6 is 0 Å². The minimum Gasteiger partial charge on any atom is -0.379 e. The summed E-state index contributed by atoms with van der Waals surface area (Å²) in [7, 11) is -3.63. The lowest BCUT2D eigenvalue weighted by molar-refractivity contribution is 0.0730. The van der Waals surface area contributed by atoms with Gasteiger partial charge in [0.1, 0.15) is 0 Å². The highest BCUT2D eigenvalue weighted by atomic mass is 32.2. The molecule has 0 aromatic heterocycles. The summed E-state index contributed by atoms with van der Waals surface area (Å²) < 4.78 is 32.6. The number of nitrogens with one attached hydrogen (secondary N) is 1. The van der Waals surface area contributed by atoms with Crippen molar-refractivity contribution in [1.29, 1.82) is 0 Å². The van der Waals surface area contributed by atoms with Crippen LogP contribution in [0.2, 0.25) is 0 Å². The van der Waals surface area contributed by atoms with Crippen molar-refractivity contribution < 1.29 is 17.9 Å². The van der Waals surface area contributed by atoms with E-state index in [2.05, 4.69) is 24.1 Å². The van der Waals surface area contributed by atoms with Crippen LogP contribution in [0.3, 0.4) is 0 Å². The molecule has 7 nitrogen and oxygen atoms in total. The molecule has 0 spiro atoms. The van der Waals surface area contributed by atoms with Crippen molar-refractivity contribution in [3.05, 3.63) is 29.3 Å². The fraction of sp³-hybridized carbons (Fsp3) is 0.682. The third-order valence-electron chi connectivity index (χ3n) is 5.92. The van der Waals surface area contributed by atoms with Crippen LogP contribution in [0.4, 0.5) is 0 Å².